The first kappa shape index (κ1) is 14.7. The molecular weight excluding hydrogens is 256 g/mol. The zero-order valence-corrected chi connectivity index (χ0v) is 11.9. The molecule has 0 atom stereocenters. The molecule has 0 spiro atoms. The van der Waals surface area contributed by atoms with E-state index in [2.05, 4.69) is 10.2 Å². The van der Waals surface area contributed by atoms with Crippen LogP contribution >= 0.6 is 24.0 Å². The van der Waals surface area contributed by atoms with Crippen molar-refractivity contribution in [2.45, 2.75) is 26.2 Å². The van der Waals surface area contributed by atoms with Crippen molar-refractivity contribution in [2.24, 2.45) is 0 Å². The fraction of sp³-hybridized carbons (Fsp3) is 0.818. The molecule has 0 unspecified atom stereocenters. The molecule has 0 aliphatic carbocycles. The normalized spacial score (nSPS) is 16.5. The Bertz CT molecular complexity index is 256. The summed E-state index contributed by atoms with van der Waals surface area (Å²) in [6, 6.07) is 0. The first-order valence-electron chi connectivity index (χ1n) is 6.07. The van der Waals surface area contributed by atoms with E-state index in [1.165, 1.54) is 32.4 Å². The van der Waals surface area contributed by atoms with Crippen LogP contribution in [0.25, 0.3) is 0 Å². The molecule has 1 heterocycles. The standard InChI is InChI=1S/C11H20N2O2S2/c1-2-15-11(14)17-10(16)12-6-9-13-7-4-3-5-8-13/h2-9H2,1H3,(H,12,16). The lowest BCUT2D eigenvalue weighted by atomic mass is 10.1. The zero-order valence-electron chi connectivity index (χ0n) is 10.2. The van der Waals surface area contributed by atoms with Crippen LogP contribution in [0.3, 0.4) is 0 Å². The van der Waals surface area contributed by atoms with Gasteiger partial charge >= 0.3 is 5.30 Å². The third kappa shape index (κ3) is 6.85. The van der Waals surface area contributed by atoms with E-state index in [1.807, 2.05) is 0 Å². The average Bonchev–Trinajstić information content (AvgIpc) is 2.30. The summed E-state index contributed by atoms with van der Waals surface area (Å²) in [5, 5.41) is 2.74. The third-order valence-electron chi connectivity index (χ3n) is 2.58. The number of likely N-dealkylation sites (tertiary alicyclic amines) is 1. The van der Waals surface area contributed by atoms with Crippen molar-refractivity contribution in [2.75, 3.05) is 32.8 Å². The fourth-order valence-corrected chi connectivity index (χ4v) is 2.57. The average molecular weight is 276 g/mol. The number of hydrogen-bond acceptors (Lipinski definition) is 5. The van der Waals surface area contributed by atoms with Crippen molar-refractivity contribution in [1.29, 1.82) is 0 Å². The maximum absolute atomic E-state index is 11.1. The molecule has 0 bridgehead atoms. The Hall–Kier alpha value is -0.330. The van der Waals surface area contributed by atoms with Gasteiger partial charge in [-0.3, -0.25) is 0 Å². The van der Waals surface area contributed by atoms with E-state index in [9.17, 15) is 4.79 Å². The number of hydrogen-bond donors (Lipinski definition) is 1. The molecule has 0 radical (unpaired) electrons. The maximum Gasteiger partial charge on any atom is 0.374 e. The van der Waals surface area contributed by atoms with E-state index < -0.39 is 0 Å². The first-order valence-corrected chi connectivity index (χ1v) is 7.29. The van der Waals surface area contributed by atoms with Gasteiger partial charge < -0.3 is 15.0 Å². The summed E-state index contributed by atoms with van der Waals surface area (Å²) in [5.41, 5.74) is 0. The van der Waals surface area contributed by atoms with Crippen LogP contribution in [0, 0.1) is 0 Å². The van der Waals surface area contributed by atoms with Crippen molar-refractivity contribution in [1.82, 2.24) is 10.2 Å². The Balaban J connectivity index is 2.05. The number of rotatable bonds is 4. The van der Waals surface area contributed by atoms with E-state index >= 15 is 0 Å². The molecule has 0 aromatic carbocycles. The van der Waals surface area contributed by atoms with Gasteiger partial charge in [0, 0.05) is 24.9 Å². The second kappa shape index (κ2) is 8.72. The Morgan fingerprint density at radius 2 is 2.12 bits per heavy atom. The number of thioether (sulfide) groups is 1. The molecule has 98 valence electrons. The minimum Gasteiger partial charge on any atom is -0.458 e. The number of carbonyl (C=O) groups is 1. The lowest BCUT2D eigenvalue weighted by molar-refractivity contribution is 0.182. The summed E-state index contributed by atoms with van der Waals surface area (Å²) < 4.78 is 5.30. The van der Waals surface area contributed by atoms with E-state index in [4.69, 9.17) is 17.0 Å². The zero-order chi connectivity index (χ0) is 12.5. The van der Waals surface area contributed by atoms with Crippen molar-refractivity contribution in [3.05, 3.63) is 0 Å². The van der Waals surface area contributed by atoms with Gasteiger partial charge in [-0.15, -0.1) is 0 Å². The van der Waals surface area contributed by atoms with Gasteiger partial charge in [-0.25, -0.2) is 4.79 Å². The lowest BCUT2D eigenvalue weighted by Crippen LogP contribution is -2.36. The maximum atomic E-state index is 11.1. The monoisotopic (exact) mass is 276 g/mol. The van der Waals surface area contributed by atoms with Crippen molar-refractivity contribution in [3.63, 3.8) is 0 Å². The van der Waals surface area contributed by atoms with E-state index in [0.717, 1.165) is 24.9 Å². The lowest BCUT2D eigenvalue weighted by Gasteiger charge is -2.26. The molecule has 0 aromatic heterocycles. The smallest absolute Gasteiger partial charge is 0.374 e. The van der Waals surface area contributed by atoms with Gasteiger partial charge in [0.05, 0.1) is 6.61 Å². The van der Waals surface area contributed by atoms with E-state index in [1.54, 1.807) is 6.92 Å². The van der Waals surface area contributed by atoms with Gasteiger partial charge in [0.2, 0.25) is 0 Å². The van der Waals surface area contributed by atoms with Crippen LogP contribution in [0.2, 0.25) is 0 Å². The molecule has 1 aliphatic rings. The Morgan fingerprint density at radius 1 is 1.41 bits per heavy atom. The number of nitrogens with zero attached hydrogens (tertiary/aromatic N) is 1. The van der Waals surface area contributed by atoms with Gasteiger partial charge in [0.25, 0.3) is 0 Å². The summed E-state index contributed by atoms with van der Waals surface area (Å²) >= 11 is 6.00. The second-order valence-corrected chi connectivity index (χ2v) is 5.51. The van der Waals surface area contributed by atoms with Gasteiger partial charge in [-0.2, -0.15) is 0 Å². The highest BCUT2D eigenvalue weighted by atomic mass is 32.2. The van der Waals surface area contributed by atoms with Crippen LogP contribution in [-0.4, -0.2) is 47.3 Å². The van der Waals surface area contributed by atoms with Crippen LogP contribution in [0.15, 0.2) is 0 Å². The Morgan fingerprint density at radius 3 is 2.76 bits per heavy atom. The Labute approximate surface area is 112 Å². The molecular formula is C11H20N2O2S2. The van der Waals surface area contributed by atoms with Gasteiger partial charge in [0.1, 0.15) is 4.32 Å². The highest BCUT2D eigenvalue weighted by Gasteiger charge is 2.10. The fourth-order valence-electron chi connectivity index (χ4n) is 1.76. The molecule has 0 aromatic rings. The van der Waals surface area contributed by atoms with E-state index in [0.29, 0.717) is 10.9 Å². The van der Waals surface area contributed by atoms with Crippen molar-refractivity contribution in [3.8, 4) is 0 Å². The summed E-state index contributed by atoms with van der Waals surface area (Å²) in [6.45, 7) is 6.32. The van der Waals surface area contributed by atoms with Crippen LogP contribution in [0.4, 0.5) is 4.79 Å². The highest BCUT2D eigenvalue weighted by molar-refractivity contribution is 8.32. The van der Waals surface area contributed by atoms with Crippen LogP contribution in [-0.2, 0) is 4.74 Å². The number of thiocarbonyl (C=S) groups is 1. The summed E-state index contributed by atoms with van der Waals surface area (Å²) in [4.78, 5) is 13.5. The second-order valence-electron chi connectivity index (χ2n) is 3.90. The summed E-state index contributed by atoms with van der Waals surface area (Å²) in [6.07, 6.45) is 3.94. The summed E-state index contributed by atoms with van der Waals surface area (Å²) in [5.74, 6) is 0. The SMILES string of the molecule is CCOC(=O)SC(=S)NCCN1CCCCC1. The van der Waals surface area contributed by atoms with Crippen molar-refractivity contribution < 1.29 is 9.53 Å². The predicted molar refractivity (Wildman–Crippen MR) is 75.5 cm³/mol. The molecule has 0 saturated carbocycles. The molecule has 1 aliphatic heterocycles. The minimum atomic E-state index is -0.331. The van der Waals surface area contributed by atoms with Crippen molar-refractivity contribution >= 4 is 33.6 Å². The molecule has 6 heteroatoms. The molecule has 1 N–H and O–H groups in total. The van der Waals surface area contributed by atoms with Crippen LogP contribution in [0.1, 0.15) is 26.2 Å². The molecule has 1 saturated heterocycles. The predicted octanol–water partition coefficient (Wildman–Crippen LogP) is 2.24. The Kier molecular flexibility index (Phi) is 7.55. The van der Waals surface area contributed by atoms with Gasteiger partial charge in [-0.05, 0) is 32.9 Å². The molecule has 4 nitrogen and oxygen atoms in total. The number of nitrogens with one attached hydrogen (secondary N) is 1. The summed E-state index contributed by atoms with van der Waals surface area (Å²) in [7, 11) is 0. The molecule has 0 amide bonds. The van der Waals surface area contributed by atoms with Crippen LogP contribution < -0.4 is 5.32 Å². The minimum absolute atomic E-state index is 0.331. The quantitative estimate of drug-likeness (QED) is 0.627. The first-order chi connectivity index (χ1) is 8.22. The third-order valence-corrected chi connectivity index (χ3v) is 3.59. The topological polar surface area (TPSA) is 41.6 Å². The molecule has 17 heavy (non-hydrogen) atoms. The number of carbonyl (C=O) groups excluding carboxylic acids is 1. The van der Waals surface area contributed by atoms with Crippen LogP contribution in [0.5, 0.6) is 0 Å². The molecule has 1 fully saturated rings. The molecule has 1 rings (SSSR count). The number of ether oxygens (including phenoxy) is 1. The van der Waals surface area contributed by atoms with E-state index in [-0.39, 0.29) is 5.30 Å². The van der Waals surface area contributed by atoms with Gasteiger partial charge in [0.15, 0.2) is 0 Å². The largest absolute Gasteiger partial charge is 0.458 e. The van der Waals surface area contributed by atoms with Gasteiger partial charge in [-0.1, -0.05) is 18.6 Å². The number of piperidine rings is 1. The highest BCUT2D eigenvalue weighted by Crippen LogP contribution is 2.08.